The fourth-order valence-corrected chi connectivity index (χ4v) is 5.04. The van der Waals surface area contributed by atoms with Crippen molar-refractivity contribution < 1.29 is 9.18 Å². The van der Waals surface area contributed by atoms with Gasteiger partial charge in [-0.3, -0.25) is 4.79 Å². The Hall–Kier alpha value is -3.40. The van der Waals surface area contributed by atoms with E-state index in [1.54, 1.807) is 6.07 Å². The van der Waals surface area contributed by atoms with Crippen LogP contribution in [0.2, 0.25) is 0 Å². The molecule has 168 valence electrons. The van der Waals surface area contributed by atoms with Crippen LogP contribution in [0, 0.1) is 32.5 Å². The van der Waals surface area contributed by atoms with Crippen molar-refractivity contribution in [3.63, 3.8) is 0 Å². The second-order valence-corrected chi connectivity index (χ2v) is 9.33. The average Bonchev–Trinajstić information content (AvgIpc) is 3.54. The molecule has 1 heterocycles. The molecule has 1 aromatic heterocycles. The SMILES string of the molecule is Cc1ccc(C)c(Cn2c(C)c([C@H]3C[C@@H]3C(=O)NCc3cccc(F)c3)c3ccccc32)c1. The molecule has 1 aliphatic rings. The summed E-state index contributed by atoms with van der Waals surface area (Å²) in [5, 5.41) is 4.24. The van der Waals surface area contributed by atoms with Gasteiger partial charge in [-0.05, 0) is 73.6 Å². The zero-order valence-electron chi connectivity index (χ0n) is 19.4. The highest BCUT2D eigenvalue weighted by Crippen LogP contribution is 2.51. The molecule has 1 aliphatic carbocycles. The number of fused-ring (bicyclic) bond motifs is 1. The summed E-state index contributed by atoms with van der Waals surface area (Å²) in [6.07, 6.45) is 0.854. The van der Waals surface area contributed by atoms with E-state index in [-0.39, 0.29) is 23.6 Å². The molecule has 5 rings (SSSR count). The molecule has 0 bridgehead atoms. The number of benzene rings is 3. The molecule has 4 aromatic rings. The number of nitrogens with one attached hydrogen (secondary N) is 1. The number of rotatable bonds is 6. The number of para-hydroxylation sites is 1. The van der Waals surface area contributed by atoms with Crippen LogP contribution < -0.4 is 5.32 Å². The van der Waals surface area contributed by atoms with Gasteiger partial charge in [-0.2, -0.15) is 0 Å². The average molecular weight is 441 g/mol. The molecule has 1 amide bonds. The van der Waals surface area contributed by atoms with E-state index >= 15 is 0 Å². The van der Waals surface area contributed by atoms with Gasteiger partial charge in [0.25, 0.3) is 0 Å². The quantitative estimate of drug-likeness (QED) is 0.382. The number of aromatic nitrogens is 1. The third-order valence-corrected chi connectivity index (χ3v) is 6.97. The molecule has 0 aliphatic heterocycles. The third-order valence-electron chi connectivity index (χ3n) is 6.97. The first-order valence-corrected chi connectivity index (χ1v) is 11.6. The van der Waals surface area contributed by atoms with Gasteiger partial charge in [0.15, 0.2) is 0 Å². The van der Waals surface area contributed by atoms with Crippen molar-refractivity contribution in [1.29, 1.82) is 0 Å². The number of nitrogens with zero attached hydrogens (tertiary/aromatic N) is 1. The van der Waals surface area contributed by atoms with Crippen LogP contribution >= 0.6 is 0 Å². The minimum absolute atomic E-state index is 0.0304. The molecule has 2 atom stereocenters. The predicted octanol–water partition coefficient (Wildman–Crippen LogP) is 6.17. The maximum absolute atomic E-state index is 13.4. The van der Waals surface area contributed by atoms with Crippen LogP contribution in [-0.4, -0.2) is 10.5 Å². The van der Waals surface area contributed by atoms with Crippen molar-refractivity contribution in [3.8, 4) is 0 Å². The Morgan fingerprint density at radius 3 is 2.67 bits per heavy atom. The maximum atomic E-state index is 13.4. The first-order valence-electron chi connectivity index (χ1n) is 11.6. The summed E-state index contributed by atoms with van der Waals surface area (Å²) in [6, 6.07) is 21.5. The molecule has 0 saturated heterocycles. The number of halogens is 1. The van der Waals surface area contributed by atoms with E-state index in [1.807, 2.05) is 6.07 Å². The Labute approximate surface area is 194 Å². The molecule has 0 radical (unpaired) electrons. The van der Waals surface area contributed by atoms with E-state index in [1.165, 1.54) is 51.0 Å². The largest absolute Gasteiger partial charge is 0.352 e. The molecule has 33 heavy (non-hydrogen) atoms. The highest BCUT2D eigenvalue weighted by atomic mass is 19.1. The lowest BCUT2D eigenvalue weighted by atomic mass is 10.0. The van der Waals surface area contributed by atoms with E-state index in [2.05, 4.69) is 73.1 Å². The molecule has 4 heteroatoms. The normalized spacial score (nSPS) is 17.3. The number of amides is 1. The van der Waals surface area contributed by atoms with E-state index in [9.17, 15) is 9.18 Å². The molecule has 1 saturated carbocycles. The fraction of sp³-hybridized carbons (Fsp3) is 0.276. The highest BCUT2D eigenvalue weighted by Gasteiger charge is 2.46. The van der Waals surface area contributed by atoms with Crippen molar-refractivity contribution in [2.24, 2.45) is 5.92 Å². The lowest BCUT2D eigenvalue weighted by molar-refractivity contribution is -0.122. The van der Waals surface area contributed by atoms with Crippen molar-refractivity contribution in [2.45, 2.75) is 46.2 Å². The second-order valence-electron chi connectivity index (χ2n) is 9.33. The summed E-state index contributed by atoms with van der Waals surface area (Å²) in [5.41, 5.74) is 8.41. The van der Waals surface area contributed by atoms with Crippen molar-refractivity contribution >= 4 is 16.8 Å². The second kappa shape index (κ2) is 8.51. The van der Waals surface area contributed by atoms with Gasteiger partial charge in [-0.1, -0.05) is 54.1 Å². The summed E-state index contributed by atoms with van der Waals surface area (Å²) < 4.78 is 15.8. The molecule has 0 spiro atoms. The zero-order chi connectivity index (χ0) is 23.1. The fourth-order valence-electron chi connectivity index (χ4n) is 5.04. The van der Waals surface area contributed by atoms with E-state index in [0.29, 0.717) is 6.54 Å². The number of aryl methyl sites for hydroxylation is 2. The summed E-state index contributed by atoms with van der Waals surface area (Å²) in [6.45, 7) is 7.65. The zero-order valence-corrected chi connectivity index (χ0v) is 19.4. The van der Waals surface area contributed by atoms with Crippen molar-refractivity contribution in [3.05, 3.63) is 106 Å². The molecule has 1 fully saturated rings. The Kier molecular flexibility index (Phi) is 5.53. The first kappa shape index (κ1) is 21.4. The molecule has 3 nitrogen and oxygen atoms in total. The molecular formula is C29H29FN2O. The van der Waals surface area contributed by atoms with Gasteiger partial charge < -0.3 is 9.88 Å². The van der Waals surface area contributed by atoms with Gasteiger partial charge in [-0.15, -0.1) is 0 Å². The van der Waals surface area contributed by atoms with Gasteiger partial charge in [0.2, 0.25) is 5.91 Å². The summed E-state index contributed by atoms with van der Waals surface area (Å²) >= 11 is 0. The number of hydrogen-bond acceptors (Lipinski definition) is 1. The van der Waals surface area contributed by atoms with E-state index < -0.39 is 0 Å². The van der Waals surface area contributed by atoms with Crippen LogP contribution in [0.5, 0.6) is 0 Å². The molecule has 0 unspecified atom stereocenters. The van der Waals surface area contributed by atoms with Crippen molar-refractivity contribution in [2.75, 3.05) is 0 Å². The highest BCUT2D eigenvalue weighted by molar-refractivity contribution is 5.90. The number of carbonyl (C=O) groups is 1. The maximum Gasteiger partial charge on any atom is 0.224 e. The van der Waals surface area contributed by atoms with Crippen LogP contribution in [0.4, 0.5) is 4.39 Å². The van der Waals surface area contributed by atoms with Crippen LogP contribution in [0.1, 0.15) is 45.8 Å². The van der Waals surface area contributed by atoms with Gasteiger partial charge in [0, 0.05) is 35.6 Å². The summed E-state index contributed by atoms with van der Waals surface area (Å²) in [7, 11) is 0. The van der Waals surface area contributed by atoms with Crippen LogP contribution in [0.15, 0.2) is 66.7 Å². The number of hydrogen-bond donors (Lipinski definition) is 1. The summed E-state index contributed by atoms with van der Waals surface area (Å²) in [4.78, 5) is 12.9. The predicted molar refractivity (Wildman–Crippen MR) is 131 cm³/mol. The van der Waals surface area contributed by atoms with Gasteiger partial charge in [0.1, 0.15) is 5.82 Å². The third kappa shape index (κ3) is 4.18. The molecule has 3 aromatic carbocycles. The van der Waals surface area contributed by atoms with E-state index in [4.69, 9.17) is 0 Å². The van der Waals surface area contributed by atoms with Crippen LogP contribution in [-0.2, 0) is 17.9 Å². The Bertz CT molecular complexity index is 1350. The molecular weight excluding hydrogens is 411 g/mol. The Morgan fingerprint density at radius 1 is 1.03 bits per heavy atom. The van der Waals surface area contributed by atoms with Crippen LogP contribution in [0.25, 0.3) is 10.9 Å². The van der Waals surface area contributed by atoms with Crippen LogP contribution in [0.3, 0.4) is 0 Å². The minimum atomic E-state index is -0.279. The standard InChI is InChI=1S/C29H29FN2O/c1-18-11-12-19(2)22(13-18)17-32-20(3)28(24-9-4-5-10-27(24)32)25-15-26(25)29(33)31-16-21-7-6-8-23(30)14-21/h4-14,25-26H,15-17H2,1-3H3,(H,31,33)/t25-,26-/m0/s1. The summed E-state index contributed by atoms with van der Waals surface area (Å²) in [5.74, 6) is -0.0344. The smallest absolute Gasteiger partial charge is 0.224 e. The monoisotopic (exact) mass is 440 g/mol. The number of carbonyl (C=O) groups excluding carboxylic acids is 1. The lowest BCUT2D eigenvalue weighted by Gasteiger charge is -2.12. The van der Waals surface area contributed by atoms with E-state index in [0.717, 1.165) is 18.5 Å². The molecule has 1 N–H and O–H groups in total. The first-order chi connectivity index (χ1) is 15.9. The minimum Gasteiger partial charge on any atom is -0.352 e. The Balaban J connectivity index is 1.40. The van der Waals surface area contributed by atoms with Crippen molar-refractivity contribution in [1.82, 2.24) is 9.88 Å². The van der Waals surface area contributed by atoms with Gasteiger partial charge in [-0.25, -0.2) is 4.39 Å². The topological polar surface area (TPSA) is 34.0 Å². The lowest BCUT2D eigenvalue weighted by Crippen LogP contribution is -2.25. The van der Waals surface area contributed by atoms with Gasteiger partial charge in [0.05, 0.1) is 0 Å². The Morgan fingerprint density at radius 2 is 1.85 bits per heavy atom. The van der Waals surface area contributed by atoms with Gasteiger partial charge >= 0.3 is 0 Å².